The highest BCUT2D eigenvalue weighted by Gasteiger charge is 2.20. The molecule has 0 spiro atoms. The highest BCUT2D eigenvalue weighted by atomic mass is 127. The molecule has 0 heterocycles. The summed E-state index contributed by atoms with van der Waals surface area (Å²) in [6.07, 6.45) is 0. The number of halogens is 5. The Hall–Kier alpha value is -0.265. The molecule has 0 aromatic heterocycles. The molecular formula is C6H8BF4I. The molecule has 0 aliphatic heterocycles. The maximum absolute atomic E-state index is 9.75. The van der Waals surface area contributed by atoms with Crippen molar-refractivity contribution in [3.63, 3.8) is 0 Å². The van der Waals surface area contributed by atoms with Gasteiger partial charge in [-0.25, -0.2) is 0 Å². The van der Waals surface area contributed by atoms with Crippen LogP contribution in [0.2, 0.25) is 0 Å². The zero-order valence-electron chi connectivity index (χ0n) is 6.00. The van der Waals surface area contributed by atoms with Crippen molar-refractivity contribution in [1.82, 2.24) is 0 Å². The van der Waals surface area contributed by atoms with E-state index in [2.05, 4.69) is 0 Å². The van der Waals surface area contributed by atoms with E-state index >= 15 is 0 Å². The molecule has 0 fully saturated rings. The monoisotopic (exact) mass is 294 g/mol. The number of rotatable bonds is 0. The topological polar surface area (TPSA) is 0 Å². The third kappa shape index (κ3) is 22.6. The third-order valence-electron chi connectivity index (χ3n) is 0.667. The average Bonchev–Trinajstić information content (AvgIpc) is 1.88. The standard InChI is InChI=1S/C6H6.BF4.H2I/c1-2-4-6-5-3-1;2-1(3,4)5;/h1-6H;;1H2/q;-1;+1. The predicted octanol–water partition coefficient (Wildman–Crippen LogP) is -0.545. The van der Waals surface area contributed by atoms with Gasteiger partial charge >= 0.3 is 7.25 Å². The van der Waals surface area contributed by atoms with Gasteiger partial charge in [0.05, 0.1) is 0 Å². The summed E-state index contributed by atoms with van der Waals surface area (Å²) in [6.45, 7) is 0. The normalized spacial score (nSPS) is 9.00. The number of hydrogen-bond acceptors (Lipinski definition) is 0. The molecule has 0 unspecified atom stereocenters. The van der Waals surface area contributed by atoms with E-state index in [-0.39, 0.29) is 24.0 Å². The molecule has 1 rings (SSSR count). The molecule has 70 valence electrons. The predicted molar refractivity (Wildman–Crippen MR) is 39.4 cm³/mol. The first-order valence-electron chi connectivity index (χ1n) is 2.87. The average molecular weight is 294 g/mol. The fourth-order valence-electron chi connectivity index (χ4n) is 0.385. The lowest BCUT2D eigenvalue weighted by Crippen LogP contribution is -3.00. The summed E-state index contributed by atoms with van der Waals surface area (Å²) >= 11 is 0. The van der Waals surface area contributed by atoms with Crippen molar-refractivity contribution in [3.05, 3.63) is 36.4 Å². The van der Waals surface area contributed by atoms with Gasteiger partial charge in [-0.1, -0.05) is 36.4 Å². The first-order chi connectivity index (χ1) is 5.00. The Balaban J connectivity index is 0. The van der Waals surface area contributed by atoms with Gasteiger partial charge < -0.3 is 17.3 Å². The van der Waals surface area contributed by atoms with E-state index in [9.17, 15) is 17.3 Å². The first kappa shape index (κ1) is 14.3. The Kier molecular flexibility index (Phi) is 8.78. The summed E-state index contributed by atoms with van der Waals surface area (Å²) in [5.74, 6) is 0. The second-order valence-electron chi connectivity index (χ2n) is 1.65. The molecule has 0 aliphatic carbocycles. The van der Waals surface area contributed by atoms with Crippen molar-refractivity contribution in [2.75, 3.05) is 0 Å². The molecule has 0 bridgehead atoms. The summed E-state index contributed by atoms with van der Waals surface area (Å²) in [6, 6.07) is 12.0. The van der Waals surface area contributed by atoms with Gasteiger partial charge in [0.2, 0.25) is 24.0 Å². The molecule has 0 saturated heterocycles. The van der Waals surface area contributed by atoms with E-state index in [0.29, 0.717) is 0 Å². The molecule has 0 N–H and O–H groups in total. The van der Waals surface area contributed by atoms with Crippen LogP contribution in [0.3, 0.4) is 0 Å². The molecule has 0 atom stereocenters. The van der Waals surface area contributed by atoms with E-state index in [1.165, 1.54) is 0 Å². The second kappa shape index (κ2) is 7.39. The van der Waals surface area contributed by atoms with Gasteiger partial charge in [-0.05, 0) is 0 Å². The third-order valence-corrected chi connectivity index (χ3v) is 0.667. The van der Waals surface area contributed by atoms with Gasteiger partial charge in [0.15, 0.2) is 0 Å². The van der Waals surface area contributed by atoms with Crippen molar-refractivity contribution in [2.45, 2.75) is 0 Å². The molecule has 0 saturated carbocycles. The minimum atomic E-state index is -6.00. The first-order valence-corrected chi connectivity index (χ1v) is 2.87. The fraction of sp³-hybridized carbons (Fsp3) is 0. The summed E-state index contributed by atoms with van der Waals surface area (Å²) in [4.78, 5) is 0. The molecule has 0 aliphatic rings. The quantitative estimate of drug-likeness (QED) is 0.342. The van der Waals surface area contributed by atoms with E-state index < -0.39 is 7.25 Å². The van der Waals surface area contributed by atoms with Gasteiger partial charge in [0.25, 0.3) is 0 Å². The molecule has 6 heteroatoms. The molecule has 1 aromatic rings. The molecule has 0 nitrogen and oxygen atoms in total. The summed E-state index contributed by atoms with van der Waals surface area (Å²) < 4.78 is 39.0. The van der Waals surface area contributed by atoms with Crippen LogP contribution in [0.4, 0.5) is 17.3 Å². The molecular weight excluding hydrogens is 286 g/mol. The zero-order chi connectivity index (χ0) is 8.74. The van der Waals surface area contributed by atoms with Crippen molar-refractivity contribution in [2.24, 2.45) is 0 Å². The summed E-state index contributed by atoms with van der Waals surface area (Å²) in [7, 11) is -6.00. The molecule has 0 radical (unpaired) electrons. The maximum atomic E-state index is 9.75. The summed E-state index contributed by atoms with van der Waals surface area (Å²) in [5.41, 5.74) is 0. The van der Waals surface area contributed by atoms with Crippen LogP contribution < -0.4 is 24.0 Å². The van der Waals surface area contributed by atoms with Gasteiger partial charge in [0.1, 0.15) is 0 Å². The van der Waals surface area contributed by atoms with Crippen molar-refractivity contribution in [1.29, 1.82) is 0 Å². The molecule has 1 aromatic carbocycles. The Labute approximate surface area is 85.1 Å². The second-order valence-corrected chi connectivity index (χ2v) is 1.65. The molecule has 0 amide bonds. The Morgan fingerprint density at radius 3 is 0.750 bits per heavy atom. The zero-order valence-corrected chi connectivity index (χ0v) is 8.55. The smallest absolute Gasteiger partial charge is 0.418 e. The SMILES string of the molecule is F[B-](F)(F)F.[IH2+].c1ccccc1. The van der Waals surface area contributed by atoms with Gasteiger partial charge in [0, 0.05) is 0 Å². The van der Waals surface area contributed by atoms with Crippen molar-refractivity contribution >= 4 is 7.25 Å². The Morgan fingerprint density at radius 2 is 0.667 bits per heavy atom. The summed E-state index contributed by atoms with van der Waals surface area (Å²) in [5, 5.41) is 0. The van der Waals surface area contributed by atoms with Crippen LogP contribution in [0.1, 0.15) is 0 Å². The lowest BCUT2D eigenvalue weighted by atomic mass is 10.3. The number of hydrogen-bond donors (Lipinski definition) is 0. The van der Waals surface area contributed by atoms with Gasteiger partial charge in [-0.2, -0.15) is 0 Å². The van der Waals surface area contributed by atoms with Crippen LogP contribution in [0.5, 0.6) is 0 Å². The molecule has 12 heavy (non-hydrogen) atoms. The van der Waals surface area contributed by atoms with Crippen LogP contribution in [0, 0.1) is 0 Å². The van der Waals surface area contributed by atoms with Crippen molar-refractivity contribution < 1.29 is 41.2 Å². The highest BCUT2D eigenvalue weighted by Crippen LogP contribution is 2.06. The number of benzene rings is 1. The largest absolute Gasteiger partial charge is 0.673 e. The Bertz CT molecular complexity index is 144. The van der Waals surface area contributed by atoms with Crippen LogP contribution in [-0.4, -0.2) is 7.25 Å². The van der Waals surface area contributed by atoms with E-state index in [4.69, 9.17) is 0 Å². The van der Waals surface area contributed by atoms with Crippen LogP contribution in [-0.2, 0) is 0 Å². The Morgan fingerprint density at radius 1 is 0.583 bits per heavy atom. The minimum Gasteiger partial charge on any atom is -0.418 e. The fourth-order valence-corrected chi connectivity index (χ4v) is 0.385. The van der Waals surface area contributed by atoms with E-state index in [1.807, 2.05) is 36.4 Å². The van der Waals surface area contributed by atoms with Crippen LogP contribution in [0.25, 0.3) is 0 Å². The van der Waals surface area contributed by atoms with Crippen LogP contribution >= 0.6 is 0 Å². The van der Waals surface area contributed by atoms with Gasteiger partial charge in [-0.15, -0.1) is 0 Å². The lowest BCUT2D eigenvalue weighted by Gasteiger charge is -1.94. The lowest BCUT2D eigenvalue weighted by molar-refractivity contribution is -0.00000793. The van der Waals surface area contributed by atoms with Gasteiger partial charge in [-0.3, -0.25) is 0 Å². The van der Waals surface area contributed by atoms with E-state index in [0.717, 1.165) is 0 Å². The van der Waals surface area contributed by atoms with Crippen molar-refractivity contribution in [3.8, 4) is 0 Å². The minimum absolute atomic E-state index is 0. The van der Waals surface area contributed by atoms with E-state index in [1.54, 1.807) is 0 Å². The van der Waals surface area contributed by atoms with Crippen LogP contribution in [0.15, 0.2) is 36.4 Å². The highest BCUT2D eigenvalue weighted by molar-refractivity contribution is 6.50. The maximum Gasteiger partial charge on any atom is 0.673 e.